The Hall–Kier alpha value is -0.610. The lowest BCUT2D eigenvalue weighted by molar-refractivity contribution is -0.151. The van der Waals surface area contributed by atoms with Gasteiger partial charge in [0.05, 0.1) is 19.1 Å². The molecule has 0 rings (SSSR count). The first-order valence-corrected chi connectivity index (χ1v) is 4.27. The van der Waals surface area contributed by atoms with E-state index >= 15 is 0 Å². The third-order valence-corrected chi connectivity index (χ3v) is 1.89. The van der Waals surface area contributed by atoms with Crippen molar-refractivity contribution < 1.29 is 14.3 Å². The Bertz CT molecular complexity index is 168. The molecule has 4 heteroatoms. The van der Waals surface area contributed by atoms with Crippen LogP contribution in [0.15, 0.2) is 0 Å². The molecule has 0 saturated carbocycles. The van der Waals surface area contributed by atoms with Crippen molar-refractivity contribution in [2.45, 2.75) is 26.3 Å². The second kappa shape index (κ2) is 5.19. The summed E-state index contributed by atoms with van der Waals surface area (Å²) in [5.74, 6) is -0.237. The van der Waals surface area contributed by atoms with Gasteiger partial charge in [-0.2, -0.15) is 0 Å². The highest BCUT2D eigenvalue weighted by Gasteiger charge is 2.30. The molecule has 0 saturated heterocycles. The molecular weight excluding hydrogens is 170 g/mol. The van der Waals surface area contributed by atoms with E-state index in [0.717, 1.165) is 0 Å². The average molecular weight is 189 g/mol. The minimum Gasteiger partial charge on any atom is -0.469 e. The molecule has 2 N–H and O–H groups in total. The first-order valence-electron chi connectivity index (χ1n) is 4.27. The Balaban J connectivity index is 4.07. The van der Waals surface area contributed by atoms with Gasteiger partial charge in [0.25, 0.3) is 0 Å². The van der Waals surface area contributed by atoms with Crippen LogP contribution in [0.3, 0.4) is 0 Å². The van der Waals surface area contributed by atoms with E-state index < -0.39 is 5.41 Å². The number of hydrogen-bond donors (Lipinski definition) is 1. The number of methoxy groups -OCH3 is 2. The molecule has 0 bridgehead atoms. The lowest BCUT2D eigenvalue weighted by atomic mass is 9.86. The molecular formula is C9H19NO3. The van der Waals surface area contributed by atoms with Gasteiger partial charge >= 0.3 is 5.97 Å². The molecule has 4 nitrogen and oxygen atoms in total. The van der Waals surface area contributed by atoms with Crippen LogP contribution in [0.2, 0.25) is 0 Å². The molecule has 0 aliphatic carbocycles. The number of hydrogen-bond acceptors (Lipinski definition) is 4. The van der Waals surface area contributed by atoms with Gasteiger partial charge in [-0.15, -0.1) is 0 Å². The fourth-order valence-corrected chi connectivity index (χ4v) is 1.29. The second-order valence-electron chi connectivity index (χ2n) is 3.80. The maximum absolute atomic E-state index is 11.3. The van der Waals surface area contributed by atoms with Crippen molar-refractivity contribution in [3.8, 4) is 0 Å². The van der Waals surface area contributed by atoms with Crippen molar-refractivity contribution in [1.29, 1.82) is 0 Å². The molecule has 0 spiro atoms. The van der Waals surface area contributed by atoms with E-state index in [-0.39, 0.29) is 12.0 Å². The highest BCUT2D eigenvalue weighted by molar-refractivity contribution is 5.75. The minimum atomic E-state index is -0.535. The molecule has 0 radical (unpaired) electrons. The van der Waals surface area contributed by atoms with E-state index in [1.807, 2.05) is 13.8 Å². The molecule has 13 heavy (non-hydrogen) atoms. The van der Waals surface area contributed by atoms with Crippen LogP contribution >= 0.6 is 0 Å². The van der Waals surface area contributed by atoms with Crippen LogP contribution < -0.4 is 5.73 Å². The number of carbonyl (C=O) groups excluding carboxylic acids is 1. The molecule has 0 aromatic heterocycles. The van der Waals surface area contributed by atoms with Gasteiger partial charge in [-0.05, 0) is 20.3 Å². The Morgan fingerprint density at radius 1 is 1.46 bits per heavy atom. The Morgan fingerprint density at radius 2 is 2.00 bits per heavy atom. The van der Waals surface area contributed by atoms with E-state index in [0.29, 0.717) is 13.0 Å². The van der Waals surface area contributed by atoms with Crippen LogP contribution in [-0.4, -0.2) is 32.8 Å². The Kier molecular flexibility index (Phi) is 4.95. The Morgan fingerprint density at radius 3 is 2.38 bits per heavy atom. The summed E-state index contributed by atoms with van der Waals surface area (Å²) in [6.07, 6.45) is 0.563. The van der Waals surface area contributed by atoms with Gasteiger partial charge in [0.2, 0.25) is 0 Å². The van der Waals surface area contributed by atoms with Crippen molar-refractivity contribution >= 4 is 5.97 Å². The highest BCUT2D eigenvalue weighted by atomic mass is 16.5. The molecule has 1 unspecified atom stereocenters. The third-order valence-electron chi connectivity index (χ3n) is 1.89. The van der Waals surface area contributed by atoms with Gasteiger partial charge in [0.15, 0.2) is 0 Å². The quantitative estimate of drug-likeness (QED) is 0.641. The number of ether oxygens (including phenoxy) is 2. The summed E-state index contributed by atoms with van der Waals surface area (Å²) >= 11 is 0. The van der Waals surface area contributed by atoms with E-state index in [2.05, 4.69) is 4.74 Å². The van der Waals surface area contributed by atoms with Crippen LogP contribution in [0.5, 0.6) is 0 Å². The number of carbonyl (C=O) groups is 1. The Labute approximate surface area is 79.4 Å². The van der Waals surface area contributed by atoms with Crippen molar-refractivity contribution in [2.24, 2.45) is 11.1 Å². The fourth-order valence-electron chi connectivity index (χ4n) is 1.29. The monoisotopic (exact) mass is 189 g/mol. The highest BCUT2D eigenvalue weighted by Crippen LogP contribution is 2.23. The zero-order valence-corrected chi connectivity index (χ0v) is 8.79. The van der Waals surface area contributed by atoms with E-state index in [9.17, 15) is 4.79 Å². The SMILES string of the molecule is COCC(N)CC(C)(C)C(=O)OC. The van der Waals surface area contributed by atoms with Gasteiger partial charge in [-0.1, -0.05) is 0 Å². The van der Waals surface area contributed by atoms with Crippen molar-refractivity contribution in [3.05, 3.63) is 0 Å². The average Bonchev–Trinajstić information content (AvgIpc) is 2.02. The van der Waals surface area contributed by atoms with Gasteiger partial charge in [-0.25, -0.2) is 0 Å². The van der Waals surface area contributed by atoms with Crippen LogP contribution in [0, 0.1) is 5.41 Å². The summed E-state index contributed by atoms with van der Waals surface area (Å²) in [5, 5.41) is 0. The lowest BCUT2D eigenvalue weighted by Gasteiger charge is -2.24. The second-order valence-corrected chi connectivity index (χ2v) is 3.80. The number of esters is 1. The number of rotatable bonds is 5. The van der Waals surface area contributed by atoms with E-state index in [1.54, 1.807) is 7.11 Å². The molecule has 0 fully saturated rings. The predicted octanol–water partition coefficient (Wildman–Crippen LogP) is 0.549. The van der Waals surface area contributed by atoms with Gasteiger partial charge in [0, 0.05) is 13.2 Å². The summed E-state index contributed by atoms with van der Waals surface area (Å²) < 4.78 is 9.54. The first-order chi connectivity index (χ1) is 5.94. The van der Waals surface area contributed by atoms with Crippen molar-refractivity contribution in [2.75, 3.05) is 20.8 Å². The summed E-state index contributed by atoms with van der Waals surface area (Å²) in [6.45, 7) is 4.09. The lowest BCUT2D eigenvalue weighted by Crippen LogP contribution is -2.36. The summed E-state index contributed by atoms with van der Waals surface area (Å²) in [5.41, 5.74) is 5.20. The van der Waals surface area contributed by atoms with Crippen molar-refractivity contribution in [1.82, 2.24) is 0 Å². The third kappa shape index (κ3) is 4.24. The molecule has 1 atom stereocenters. The van der Waals surface area contributed by atoms with Gasteiger partial charge in [0.1, 0.15) is 0 Å². The zero-order chi connectivity index (χ0) is 10.5. The van der Waals surface area contributed by atoms with Crippen LogP contribution in [0.1, 0.15) is 20.3 Å². The molecule has 78 valence electrons. The predicted molar refractivity (Wildman–Crippen MR) is 50.3 cm³/mol. The maximum atomic E-state index is 11.3. The summed E-state index contributed by atoms with van der Waals surface area (Å²) in [4.78, 5) is 11.3. The standard InChI is InChI=1S/C9H19NO3/c1-9(2,8(11)13-4)5-7(10)6-12-3/h7H,5-6,10H2,1-4H3. The van der Waals surface area contributed by atoms with Crippen LogP contribution in [-0.2, 0) is 14.3 Å². The first kappa shape index (κ1) is 12.4. The molecule has 0 heterocycles. The van der Waals surface area contributed by atoms with Gasteiger partial charge < -0.3 is 15.2 Å². The zero-order valence-electron chi connectivity index (χ0n) is 8.79. The maximum Gasteiger partial charge on any atom is 0.311 e. The summed E-state index contributed by atoms with van der Waals surface area (Å²) in [7, 11) is 2.97. The van der Waals surface area contributed by atoms with Crippen molar-refractivity contribution in [3.63, 3.8) is 0 Å². The molecule has 0 amide bonds. The summed E-state index contributed by atoms with van der Waals surface area (Å²) in [6, 6.07) is -0.126. The topological polar surface area (TPSA) is 61.5 Å². The minimum absolute atomic E-state index is 0.126. The smallest absolute Gasteiger partial charge is 0.311 e. The van der Waals surface area contributed by atoms with Crippen LogP contribution in [0.25, 0.3) is 0 Å². The normalized spacial score (nSPS) is 13.9. The molecule has 0 aliphatic rings. The fraction of sp³-hybridized carbons (Fsp3) is 0.889. The van der Waals surface area contributed by atoms with E-state index in [4.69, 9.17) is 10.5 Å². The van der Waals surface area contributed by atoms with Gasteiger partial charge in [-0.3, -0.25) is 4.79 Å². The molecule has 0 aromatic rings. The molecule has 0 aliphatic heterocycles. The largest absolute Gasteiger partial charge is 0.469 e. The molecule has 0 aromatic carbocycles. The van der Waals surface area contributed by atoms with E-state index in [1.165, 1.54) is 7.11 Å². The number of nitrogens with two attached hydrogens (primary N) is 1. The van der Waals surface area contributed by atoms with Crippen LogP contribution in [0.4, 0.5) is 0 Å².